The Hall–Kier alpha value is -1.08. The third kappa shape index (κ3) is 2.76. The summed E-state index contributed by atoms with van der Waals surface area (Å²) in [6, 6.07) is 20.0. The van der Waals surface area contributed by atoms with Gasteiger partial charge in [-0.3, -0.25) is 0 Å². The lowest BCUT2D eigenvalue weighted by molar-refractivity contribution is 0.656. The molecule has 0 saturated heterocycles. The second kappa shape index (κ2) is 5.50. The molecule has 1 saturated carbocycles. The highest BCUT2D eigenvalue weighted by atomic mass is 79.9. The van der Waals surface area contributed by atoms with E-state index in [1.54, 1.807) is 0 Å². The maximum Gasteiger partial charge on any atom is 0.0103 e. The number of hydrogen-bond donors (Lipinski definition) is 0. The van der Waals surface area contributed by atoms with E-state index in [0.717, 1.165) is 17.2 Å². The maximum absolute atomic E-state index is 3.71. The Bertz CT molecular complexity index is 529. The van der Waals surface area contributed by atoms with Crippen molar-refractivity contribution < 1.29 is 0 Å². The van der Waals surface area contributed by atoms with Crippen LogP contribution in [0.15, 0.2) is 54.6 Å². The molecule has 1 heteroatoms. The van der Waals surface area contributed by atoms with Gasteiger partial charge in [0.1, 0.15) is 0 Å². The minimum atomic E-state index is 0.644. The number of halogens is 1. The van der Waals surface area contributed by atoms with E-state index in [2.05, 4.69) is 77.5 Å². The van der Waals surface area contributed by atoms with Gasteiger partial charge in [0, 0.05) is 5.33 Å². The zero-order valence-electron chi connectivity index (χ0n) is 11.2. The largest absolute Gasteiger partial charge is 0.0921 e. The lowest BCUT2D eigenvalue weighted by atomic mass is 9.93. The topological polar surface area (TPSA) is 0 Å². The number of benzene rings is 2. The summed E-state index contributed by atoms with van der Waals surface area (Å²) in [5.41, 5.74) is 4.32. The van der Waals surface area contributed by atoms with Crippen LogP contribution in [-0.2, 0) is 0 Å². The summed E-state index contributed by atoms with van der Waals surface area (Å²) in [5.74, 6) is 2.19. The molecule has 3 atom stereocenters. The highest BCUT2D eigenvalue weighted by Crippen LogP contribution is 2.55. The zero-order chi connectivity index (χ0) is 13.2. The molecule has 0 aromatic heterocycles. The summed E-state index contributed by atoms with van der Waals surface area (Å²) >= 11 is 3.71. The number of rotatable bonds is 4. The first-order chi connectivity index (χ1) is 9.29. The van der Waals surface area contributed by atoms with Gasteiger partial charge in [-0.2, -0.15) is 0 Å². The molecular formula is C18H19Br. The summed E-state index contributed by atoms with van der Waals surface area (Å²) in [6.45, 7) is 2.15. The average molecular weight is 315 g/mol. The molecule has 0 bridgehead atoms. The zero-order valence-corrected chi connectivity index (χ0v) is 12.8. The molecule has 2 aromatic rings. The van der Waals surface area contributed by atoms with Gasteiger partial charge in [0.05, 0.1) is 0 Å². The van der Waals surface area contributed by atoms with Crippen LogP contribution in [0.5, 0.6) is 0 Å². The van der Waals surface area contributed by atoms with Crippen LogP contribution in [0, 0.1) is 12.8 Å². The highest BCUT2D eigenvalue weighted by molar-refractivity contribution is 9.09. The van der Waals surface area contributed by atoms with E-state index in [1.165, 1.54) is 23.1 Å². The summed E-state index contributed by atoms with van der Waals surface area (Å²) in [6.07, 6.45) is 1.33. The van der Waals surface area contributed by atoms with Crippen LogP contribution in [-0.4, -0.2) is 5.33 Å². The first-order valence-corrected chi connectivity index (χ1v) is 8.09. The molecule has 0 radical (unpaired) electrons. The molecule has 0 spiro atoms. The molecule has 0 N–H and O–H groups in total. The number of alkyl halides is 1. The molecular weight excluding hydrogens is 296 g/mol. The Morgan fingerprint density at radius 2 is 1.74 bits per heavy atom. The minimum absolute atomic E-state index is 0.644. The van der Waals surface area contributed by atoms with E-state index in [0.29, 0.717) is 5.92 Å². The van der Waals surface area contributed by atoms with Crippen LogP contribution in [0.25, 0.3) is 0 Å². The minimum Gasteiger partial charge on any atom is -0.0921 e. The van der Waals surface area contributed by atoms with Crippen molar-refractivity contribution in [1.82, 2.24) is 0 Å². The second-order valence-corrected chi connectivity index (χ2v) is 6.24. The quantitative estimate of drug-likeness (QED) is 0.674. The molecule has 1 aliphatic rings. The summed E-state index contributed by atoms with van der Waals surface area (Å²) in [7, 11) is 0. The van der Waals surface area contributed by atoms with Gasteiger partial charge in [-0.05, 0) is 42.2 Å². The van der Waals surface area contributed by atoms with Gasteiger partial charge in [-0.1, -0.05) is 76.1 Å². The van der Waals surface area contributed by atoms with Crippen LogP contribution in [0.1, 0.15) is 34.9 Å². The van der Waals surface area contributed by atoms with Crippen molar-refractivity contribution in [2.75, 3.05) is 5.33 Å². The van der Waals surface area contributed by atoms with E-state index < -0.39 is 0 Å². The Balaban J connectivity index is 1.77. The Morgan fingerprint density at radius 1 is 1.05 bits per heavy atom. The van der Waals surface area contributed by atoms with Crippen molar-refractivity contribution in [1.29, 1.82) is 0 Å². The van der Waals surface area contributed by atoms with Crippen molar-refractivity contribution in [3.8, 4) is 0 Å². The molecule has 19 heavy (non-hydrogen) atoms. The third-order valence-corrected chi connectivity index (χ3v) is 4.95. The first-order valence-electron chi connectivity index (χ1n) is 6.97. The number of aryl methyl sites for hydroxylation is 1. The molecule has 1 aliphatic carbocycles. The average Bonchev–Trinajstić information content (AvgIpc) is 3.23. The molecule has 0 aliphatic heterocycles. The van der Waals surface area contributed by atoms with Gasteiger partial charge in [-0.15, -0.1) is 0 Å². The highest BCUT2D eigenvalue weighted by Gasteiger charge is 2.43. The predicted molar refractivity (Wildman–Crippen MR) is 85.0 cm³/mol. The van der Waals surface area contributed by atoms with E-state index in [-0.39, 0.29) is 0 Å². The molecule has 2 aromatic carbocycles. The monoisotopic (exact) mass is 314 g/mol. The van der Waals surface area contributed by atoms with Gasteiger partial charge in [0.2, 0.25) is 0 Å². The summed E-state index contributed by atoms with van der Waals surface area (Å²) in [5, 5.41) is 1.06. The SMILES string of the molecule is Cc1ccc(C(CBr)C2CC2c2ccccc2)cc1. The van der Waals surface area contributed by atoms with Gasteiger partial charge in [0.15, 0.2) is 0 Å². The van der Waals surface area contributed by atoms with Crippen LogP contribution < -0.4 is 0 Å². The van der Waals surface area contributed by atoms with Crippen molar-refractivity contribution in [2.45, 2.75) is 25.2 Å². The molecule has 3 unspecified atom stereocenters. The standard InChI is InChI=1S/C18H19Br/c1-13-7-9-15(10-8-13)18(12-19)17-11-16(17)14-5-3-2-4-6-14/h2-10,16-18H,11-12H2,1H3. The second-order valence-electron chi connectivity index (χ2n) is 5.59. The smallest absolute Gasteiger partial charge is 0.0103 e. The Kier molecular flexibility index (Phi) is 3.74. The van der Waals surface area contributed by atoms with Crippen molar-refractivity contribution in [2.24, 2.45) is 5.92 Å². The lowest BCUT2D eigenvalue weighted by Gasteiger charge is -2.15. The van der Waals surface area contributed by atoms with Crippen molar-refractivity contribution in [3.63, 3.8) is 0 Å². The predicted octanol–water partition coefficient (Wildman–Crippen LogP) is 5.28. The van der Waals surface area contributed by atoms with E-state index in [4.69, 9.17) is 0 Å². The van der Waals surface area contributed by atoms with Crippen LogP contribution in [0.2, 0.25) is 0 Å². The van der Waals surface area contributed by atoms with Crippen molar-refractivity contribution in [3.05, 3.63) is 71.3 Å². The molecule has 1 fully saturated rings. The summed E-state index contributed by atoms with van der Waals surface area (Å²) < 4.78 is 0. The van der Waals surface area contributed by atoms with Crippen molar-refractivity contribution >= 4 is 15.9 Å². The molecule has 98 valence electrons. The fourth-order valence-corrected chi connectivity index (χ4v) is 3.86. The van der Waals surface area contributed by atoms with Gasteiger partial charge < -0.3 is 0 Å². The maximum atomic E-state index is 3.71. The van der Waals surface area contributed by atoms with E-state index in [1.807, 2.05) is 0 Å². The Morgan fingerprint density at radius 3 is 2.37 bits per heavy atom. The van der Waals surface area contributed by atoms with E-state index >= 15 is 0 Å². The first kappa shape index (κ1) is 12.9. The number of hydrogen-bond acceptors (Lipinski definition) is 0. The van der Waals surface area contributed by atoms with Gasteiger partial charge >= 0.3 is 0 Å². The van der Waals surface area contributed by atoms with Gasteiger partial charge in [-0.25, -0.2) is 0 Å². The third-order valence-electron chi connectivity index (χ3n) is 4.26. The van der Waals surface area contributed by atoms with Crippen LogP contribution >= 0.6 is 15.9 Å². The molecule has 0 nitrogen and oxygen atoms in total. The lowest BCUT2D eigenvalue weighted by Crippen LogP contribution is -2.04. The normalized spacial score (nSPS) is 23.1. The summed E-state index contributed by atoms with van der Waals surface area (Å²) in [4.78, 5) is 0. The van der Waals surface area contributed by atoms with E-state index in [9.17, 15) is 0 Å². The fourth-order valence-electron chi connectivity index (χ4n) is 3.01. The van der Waals surface area contributed by atoms with Gasteiger partial charge in [0.25, 0.3) is 0 Å². The van der Waals surface area contributed by atoms with Crippen LogP contribution in [0.3, 0.4) is 0 Å². The Labute approximate surface area is 124 Å². The fraction of sp³-hybridized carbons (Fsp3) is 0.333. The molecule has 0 heterocycles. The molecule has 0 amide bonds. The molecule has 3 rings (SSSR count). The van der Waals surface area contributed by atoms with Crippen LogP contribution in [0.4, 0.5) is 0 Å².